The summed E-state index contributed by atoms with van der Waals surface area (Å²) in [7, 11) is 1.71. The molecule has 1 aromatic carbocycles. The van der Waals surface area contributed by atoms with Crippen molar-refractivity contribution in [3.05, 3.63) is 29.8 Å². The molecule has 0 aromatic heterocycles. The van der Waals surface area contributed by atoms with Crippen LogP contribution >= 0.6 is 0 Å². The van der Waals surface area contributed by atoms with Gasteiger partial charge in [0.1, 0.15) is 5.75 Å². The third kappa shape index (κ3) is 4.29. The predicted molar refractivity (Wildman–Crippen MR) is 74.0 cm³/mol. The van der Waals surface area contributed by atoms with Crippen LogP contribution in [0.4, 0.5) is 0 Å². The van der Waals surface area contributed by atoms with Crippen molar-refractivity contribution in [1.29, 1.82) is 0 Å². The molecule has 0 unspecified atom stereocenters. The first-order valence-electron chi connectivity index (χ1n) is 6.65. The van der Waals surface area contributed by atoms with Gasteiger partial charge < -0.3 is 15.4 Å². The topological polar surface area (TPSA) is 36.5 Å². The summed E-state index contributed by atoms with van der Waals surface area (Å²) in [6.07, 6.45) is 0. The maximum Gasteiger partial charge on any atom is 0.119 e. The van der Waals surface area contributed by atoms with Gasteiger partial charge in [-0.2, -0.15) is 0 Å². The third-order valence-electron chi connectivity index (χ3n) is 3.28. The van der Waals surface area contributed by atoms with Crippen molar-refractivity contribution in [2.24, 2.45) is 0 Å². The third-order valence-corrected chi connectivity index (χ3v) is 3.28. The van der Waals surface area contributed by atoms with Gasteiger partial charge in [0.25, 0.3) is 0 Å². The molecule has 0 spiro atoms. The van der Waals surface area contributed by atoms with Crippen molar-refractivity contribution in [3.8, 4) is 5.75 Å². The van der Waals surface area contributed by atoms with E-state index in [1.807, 2.05) is 12.1 Å². The lowest BCUT2D eigenvalue weighted by Gasteiger charge is -2.27. The van der Waals surface area contributed by atoms with Crippen LogP contribution < -0.4 is 15.4 Å². The van der Waals surface area contributed by atoms with E-state index in [4.69, 9.17) is 4.74 Å². The summed E-state index contributed by atoms with van der Waals surface area (Å²) in [5.41, 5.74) is 1.27. The van der Waals surface area contributed by atoms with Gasteiger partial charge in [-0.25, -0.2) is 0 Å². The fraction of sp³-hybridized carbons (Fsp3) is 0.571. The van der Waals surface area contributed by atoms with Gasteiger partial charge in [0.05, 0.1) is 7.11 Å². The minimum atomic E-state index is 0.906. The molecule has 2 N–H and O–H groups in total. The number of rotatable bonds is 6. The SMILES string of the molecule is COc1cccc(CNCCN2CCNCC2)c1. The van der Waals surface area contributed by atoms with Gasteiger partial charge in [-0.05, 0) is 17.7 Å². The summed E-state index contributed by atoms with van der Waals surface area (Å²) in [6.45, 7) is 7.65. The van der Waals surface area contributed by atoms with Crippen LogP contribution in [0.2, 0.25) is 0 Å². The van der Waals surface area contributed by atoms with Gasteiger partial charge in [-0.3, -0.25) is 4.90 Å². The number of piperazine rings is 1. The van der Waals surface area contributed by atoms with Crippen LogP contribution in [-0.2, 0) is 6.54 Å². The highest BCUT2D eigenvalue weighted by Gasteiger charge is 2.07. The number of methoxy groups -OCH3 is 1. The second-order valence-electron chi connectivity index (χ2n) is 4.62. The van der Waals surface area contributed by atoms with E-state index in [0.717, 1.165) is 38.5 Å². The Labute approximate surface area is 109 Å². The van der Waals surface area contributed by atoms with Crippen LogP contribution in [0.3, 0.4) is 0 Å². The average Bonchev–Trinajstić information content (AvgIpc) is 2.45. The molecule has 4 heteroatoms. The fourth-order valence-corrected chi connectivity index (χ4v) is 2.19. The molecule has 4 nitrogen and oxygen atoms in total. The zero-order valence-electron chi connectivity index (χ0n) is 11.1. The molecule has 1 heterocycles. The van der Waals surface area contributed by atoms with Gasteiger partial charge >= 0.3 is 0 Å². The highest BCUT2D eigenvalue weighted by atomic mass is 16.5. The molecule has 0 atom stereocenters. The molecular weight excluding hydrogens is 226 g/mol. The van der Waals surface area contributed by atoms with E-state index >= 15 is 0 Å². The van der Waals surface area contributed by atoms with Crippen LogP contribution in [0.15, 0.2) is 24.3 Å². The van der Waals surface area contributed by atoms with E-state index in [2.05, 4.69) is 27.7 Å². The monoisotopic (exact) mass is 249 g/mol. The van der Waals surface area contributed by atoms with E-state index in [1.54, 1.807) is 7.11 Å². The Hall–Kier alpha value is -1.10. The molecule has 100 valence electrons. The lowest BCUT2D eigenvalue weighted by atomic mass is 10.2. The Bertz CT molecular complexity index is 351. The van der Waals surface area contributed by atoms with E-state index in [1.165, 1.54) is 18.7 Å². The van der Waals surface area contributed by atoms with Crippen LogP contribution in [0, 0.1) is 0 Å². The zero-order valence-corrected chi connectivity index (χ0v) is 11.1. The quantitative estimate of drug-likeness (QED) is 0.727. The van der Waals surface area contributed by atoms with E-state index < -0.39 is 0 Å². The molecule has 2 rings (SSSR count). The van der Waals surface area contributed by atoms with Crippen molar-refractivity contribution in [1.82, 2.24) is 15.5 Å². The largest absolute Gasteiger partial charge is 0.497 e. The van der Waals surface area contributed by atoms with Crippen LogP contribution in [0.25, 0.3) is 0 Å². The number of hydrogen-bond donors (Lipinski definition) is 2. The van der Waals surface area contributed by atoms with Gasteiger partial charge in [0.15, 0.2) is 0 Å². The Balaban J connectivity index is 1.65. The molecular formula is C14H23N3O. The molecule has 0 bridgehead atoms. The predicted octanol–water partition coefficient (Wildman–Crippen LogP) is 0.690. The fourth-order valence-electron chi connectivity index (χ4n) is 2.19. The molecule has 0 radical (unpaired) electrons. The standard InChI is InChI=1S/C14H23N3O/c1-18-14-4-2-3-13(11-14)12-16-7-10-17-8-5-15-6-9-17/h2-4,11,15-16H,5-10,12H2,1H3. The lowest BCUT2D eigenvalue weighted by molar-refractivity contribution is 0.241. The normalized spacial score (nSPS) is 16.7. The maximum absolute atomic E-state index is 5.21. The second-order valence-corrected chi connectivity index (χ2v) is 4.62. The van der Waals surface area contributed by atoms with Crippen LogP contribution in [0.1, 0.15) is 5.56 Å². The number of nitrogens with one attached hydrogen (secondary N) is 2. The van der Waals surface area contributed by atoms with Gasteiger partial charge in [-0.1, -0.05) is 12.1 Å². The molecule has 0 saturated carbocycles. The molecule has 1 saturated heterocycles. The molecule has 1 aromatic rings. The summed E-state index contributed by atoms with van der Waals surface area (Å²) in [5.74, 6) is 0.927. The van der Waals surface area contributed by atoms with Crippen molar-refractivity contribution < 1.29 is 4.74 Å². The van der Waals surface area contributed by atoms with E-state index in [-0.39, 0.29) is 0 Å². The minimum absolute atomic E-state index is 0.906. The molecule has 0 aliphatic carbocycles. The number of benzene rings is 1. The highest BCUT2D eigenvalue weighted by Crippen LogP contribution is 2.11. The van der Waals surface area contributed by atoms with Crippen LogP contribution in [-0.4, -0.2) is 51.3 Å². The van der Waals surface area contributed by atoms with Crippen molar-refractivity contribution in [2.45, 2.75) is 6.54 Å². The summed E-state index contributed by atoms with van der Waals surface area (Å²) < 4.78 is 5.21. The number of hydrogen-bond acceptors (Lipinski definition) is 4. The van der Waals surface area contributed by atoms with E-state index in [9.17, 15) is 0 Å². The van der Waals surface area contributed by atoms with Gasteiger partial charge in [0, 0.05) is 45.8 Å². The second kappa shape index (κ2) is 7.36. The summed E-state index contributed by atoms with van der Waals surface area (Å²) in [6, 6.07) is 8.22. The molecule has 1 fully saturated rings. The molecule has 1 aliphatic rings. The lowest BCUT2D eigenvalue weighted by Crippen LogP contribution is -2.45. The molecule has 0 amide bonds. The number of nitrogens with zero attached hydrogens (tertiary/aromatic N) is 1. The van der Waals surface area contributed by atoms with Crippen molar-refractivity contribution >= 4 is 0 Å². The Morgan fingerprint density at radius 3 is 2.94 bits per heavy atom. The number of ether oxygens (including phenoxy) is 1. The molecule has 18 heavy (non-hydrogen) atoms. The average molecular weight is 249 g/mol. The maximum atomic E-state index is 5.21. The van der Waals surface area contributed by atoms with E-state index in [0.29, 0.717) is 0 Å². The van der Waals surface area contributed by atoms with Crippen molar-refractivity contribution in [3.63, 3.8) is 0 Å². The highest BCUT2D eigenvalue weighted by molar-refractivity contribution is 5.28. The zero-order chi connectivity index (χ0) is 12.6. The Kier molecular flexibility index (Phi) is 5.45. The smallest absolute Gasteiger partial charge is 0.119 e. The van der Waals surface area contributed by atoms with Crippen LogP contribution in [0.5, 0.6) is 5.75 Å². The minimum Gasteiger partial charge on any atom is -0.497 e. The van der Waals surface area contributed by atoms with Crippen molar-refractivity contribution in [2.75, 3.05) is 46.4 Å². The summed E-state index contributed by atoms with van der Waals surface area (Å²) in [5, 5.41) is 6.85. The van der Waals surface area contributed by atoms with Gasteiger partial charge in [-0.15, -0.1) is 0 Å². The Morgan fingerprint density at radius 1 is 1.33 bits per heavy atom. The first-order valence-corrected chi connectivity index (χ1v) is 6.65. The first-order chi connectivity index (χ1) is 8.88. The Morgan fingerprint density at radius 2 is 2.17 bits per heavy atom. The first kappa shape index (κ1) is 13.3. The van der Waals surface area contributed by atoms with Gasteiger partial charge in [0.2, 0.25) is 0 Å². The molecule has 1 aliphatic heterocycles. The summed E-state index contributed by atoms with van der Waals surface area (Å²) >= 11 is 0. The summed E-state index contributed by atoms with van der Waals surface area (Å²) in [4.78, 5) is 2.50.